The largest absolute Gasteiger partial charge is 0.442 e. The quantitative estimate of drug-likeness (QED) is 0.909. The maximum absolute atomic E-state index is 11.9. The Bertz CT molecular complexity index is 516. The van der Waals surface area contributed by atoms with Crippen LogP contribution in [0.4, 0.5) is 10.5 Å². The van der Waals surface area contributed by atoms with Crippen LogP contribution in [0, 0.1) is 5.92 Å². The molecule has 1 heterocycles. The lowest BCUT2D eigenvalue weighted by atomic mass is 10.1. The fourth-order valence-electron chi connectivity index (χ4n) is 2.13. The molecule has 6 heteroatoms. The number of nitrogens with zero attached hydrogens (tertiary/aromatic N) is 1. The lowest BCUT2D eigenvalue weighted by Gasteiger charge is -2.13. The molecule has 1 unspecified atom stereocenters. The van der Waals surface area contributed by atoms with Gasteiger partial charge in [-0.05, 0) is 30.2 Å². The van der Waals surface area contributed by atoms with Gasteiger partial charge in [0.25, 0.3) is 0 Å². The van der Waals surface area contributed by atoms with Crippen molar-refractivity contribution in [3.8, 4) is 0 Å². The first-order chi connectivity index (χ1) is 9.95. The number of amides is 2. The molecule has 0 bridgehead atoms. The standard InChI is InChI=1S/C15H19ClN2O3/c1-10(2)7-14(19)17-8-13-9-18(15(20)21-13)12-5-3-11(16)4-6-12/h3-6,10,13H,7-9H2,1-2H3,(H,17,19). The van der Waals surface area contributed by atoms with E-state index in [-0.39, 0.29) is 12.0 Å². The summed E-state index contributed by atoms with van der Waals surface area (Å²) in [5.41, 5.74) is 0.736. The van der Waals surface area contributed by atoms with Crippen molar-refractivity contribution in [3.05, 3.63) is 29.3 Å². The van der Waals surface area contributed by atoms with Crippen molar-refractivity contribution in [2.75, 3.05) is 18.0 Å². The molecule has 1 N–H and O–H groups in total. The minimum Gasteiger partial charge on any atom is -0.442 e. The molecular weight excluding hydrogens is 292 g/mol. The third-order valence-corrected chi connectivity index (χ3v) is 3.38. The second kappa shape index (κ2) is 6.80. The number of anilines is 1. The Balaban J connectivity index is 1.88. The molecule has 5 nitrogen and oxygen atoms in total. The van der Waals surface area contributed by atoms with E-state index >= 15 is 0 Å². The molecule has 0 saturated carbocycles. The number of hydrogen-bond acceptors (Lipinski definition) is 3. The highest BCUT2D eigenvalue weighted by Gasteiger charge is 2.32. The van der Waals surface area contributed by atoms with E-state index in [2.05, 4.69) is 5.32 Å². The topological polar surface area (TPSA) is 58.6 Å². The van der Waals surface area contributed by atoms with E-state index in [9.17, 15) is 9.59 Å². The number of halogens is 1. The van der Waals surface area contributed by atoms with Gasteiger partial charge in [-0.1, -0.05) is 25.4 Å². The van der Waals surface area contributed by atoms with Crippen LogP contribution in [0.5, 0.6) is 0 Å². The van der Waals surface area contributed by atoms with Crippen LogP contribution in [0.1, 0.15) is 20.3 Å². The fourth-order valence-corrected chi connectivity index (χ4v) is 2.26. The fraction of sp³-hybridized carbons (Fsp3) is 0.467. The van der Waals surface area contributed by atoms with E-state index in [0.29, 0.717) is 30.5 Å². The van der Waals surface area contributed by atoms with E-state index < -0.39 is 6.09 Å². The number of benzene rings is 1. The summed E-state index contributed by atoms with van der Waals surface area (Å²) < 4.78 is 5.25. The Kier molecular flexibility index (Phi) is 5.07. The molecular formula is C15H19ClN2O3. The van der Waals surface area contributed by atoms with Gasteiger partial charge in [-0.15, -0.1) is 0 Å². The van der Waals surface area contributed by atoms with Gasteiger partial charge in [0.2, 0.25) is 5.91 Å². The Morgan fingerprint density at radius 2 is 2.10 bits per heavy atom. The highest BCUT2D eigenvalue weighted by Crippen LogP contribution is 2.23. The number of rotatable bonds is 5. The Labute approximate surface area is 129 Å². The molecule has 1 aromatic carbocycles. The summed E-state index contributed by atoms with van der Waals surface area (Å²) in [5.74, 6) is 0.285. The molecule has 114 valence electrons. The lowest BCUT2D eigenvalue weighted by Crippen LogP contribution is -2.35. The van der Waals surface area contributed by atoms with E-state index in [0.717, 1.165) is 5.69 Å². The van der Waals surface area contributed by atoms with E-state index in [1.54, 1.807) is 24.3 Å². The van der Waals surface area contributed by atoms with Crippen molar-refractivity contribution >= 4 is 29.3 Å². The third kappa shape index (κ3) is 4.36. The summed E-state index contributed by atoms with van der Waals surface area (Å²) in [6.07, 6.45) is -0.258. The zero-order valence-corrected chi connectivity index (χ0v) is 12.9. The molecule has 0 aliphatic carbocycles. The van der Waals surface area contributed by atoms with Crippen molar-refractivity contribution in [1.82, 2.24) is 5.32 Å². The predicted octanol–water partition coefficient (Wildman–Crippen LogP) is 2.83. The van der Waals surface area contributed by atoms with Crippen molar-refractivity contribution < 1.29 is 14.3 Å². The first kappa shape index (κ1) is 15.6. The van der Waals surface area contributed by atoms with Crippen LogP contribution in [0.2, 0.25) is 5.02 Å². The van der Waals surface area contributed by atoms with Gasteiger partial charge >= 0.3 is 6.09 Å². The van der Waals surface area contributed by atoms with Crippen LogP contribution in [0.25, 0.3) is 0 Å². The summed E-state index contributed by atoms with van der Waals surface area (Å²) in [6, 6.07) is 6.98. The molecule has 0 aromatic heterocycles. The third-order valence-electron chi connectivity index (χ3n) is 3.13. The molecule has 0 radical (unpaired) electrons. The summed E-state index contributed by atoms with van der Waals surface area (Å²) in [4.78, 5) is 25.0. The summed E-state index contributed by atoms with van der Waals surface area (Å²) in [5, 5.41) is 3.41. The highest BCUT2D eigenvalue weighted by molar-refractivity contribution is 6.30. The molecule has 2 rings (SSSR count). The van der Waals surface area contributed by atoms with Gasteiger partial charge < -0.3 is 10.1 Å². The maximum atomic E-state index is 11.9. The predicted molar refractivity (Wildman–Crippen MR) is 81.5 cm³/mol. The molecule has 1 atom stereocenters. The Morgan fingerprint density at radius 1 is 1.43 bits per heavy atom. The number of carbonyl (C=O) groups excluding carboxylic acids is 2. The molecule has 0 spiro atoms. The van der Waals surface area contributed by atoms with Gasteiger partial charge in [0.05, 0.1) is 13.1 Å². The minimum atomic E-state index is -0.402. The first-order valence-corrected chi connectivity index (χ1v) is 7.34. The summed E-state index contributed by atoms with van der Waals surface area (Å²) in [7, 11) is 0. The molecule has 1 aliphatic heterocycles. The first-order valence-electron chi connectivity index (χ1n) is 6.96. The number of cyclic esters (lactones) is 1. The Hall–Kier alpha value is -1.75. The van der Waals surface area contributed by atoms with Gasteiger partial charge in [0.15, 0.2) is 0 Å². The number of nitrogens with one attached hydrogen (secondary N) is 1. The van der Waals surface area contributed by atoms with Crippen molar-refractivity contribution in [1.29, 1.82) is 0 Å². The van der Waals surface area contributed by atoms with Crippen LogP contribution < -0.4 is 10.2 Å². The number of carbonyl (C=O) groups is 2. The number of ether oxygens (including phenoxy) is 1. The van der Waals surface area contributed by atoms with Crippen molar-refractivity contribution in [2.45, 2.75) is 26.4 Å². The summed E-state index contributed by atoms with van der Waals surface area (Å²) in [6.45, 7) is 4.72. The smallest absolute Gasteiger partial charge is 0.414 e. The minimum absolute atomic E-state index is 0.0222. The van der Waals surface area contributed by atoms with Crippen molar-refractivity contribution in [3.63, 3.8) is 0 Å². The molecule has 1 aliphatic rings. The van der Waals surface area contributed by atoms with Crippen LogP contribution >= 0.6 is 11.6 Å². The lowest BCUT2D eigenvalue weighted by molar-refractivity contribution is -0.122. The molecule has 21 heavy (non-hydrogen) atoms. The SMILES string of the molecule is CC(C)CC(=O)NCC1CN(c2ccc(Cl)cc2)C(=O)O1. The van der Waals surface area contributed by atoms with Gasteiger partial charge in [-0.2, -0.15) is 0 Å². The van der Waals surface area contributed by atoms with E-state index in [4.69, 9.17) is 16.3 Å². The second-order valence-corrected chi connectivity index (χ2v) is 5.93. The zero-order valence-electron chi connectivity index (χ0n) is 12.1. The zero-order chi connectivity index (χ0) is 15.4. The van der Waals surface area contributed by atoms with Crippen LogP contribution in [-0.4, -0.2) is 31.2 Å². The highest BCUT2D eigenvalue weighted by atomic mass is 35.5. The van der Waals surface area contributed by atoms with Crippen LogP contribution in [0.3, 0.4) is 0 Å². The summed E-state index contributed by atoms with van der Waals surface area (Å²) >= 11 is 5.83. The average Bonchev–Trinajstić information content (AvgIpc) is 2.78. The normalized spacial score (nSPS) is 18.0. The van der Waals surface area contributed by atoms with Crippen LogP contribution in [0.15, 0.2) is 24.3 Å². The van der Waals surface area contributed by atoms with Gasteiger partial charge in [0, 0.05) is 17.1 Å². The van der Waals surface area contributed by atoms with Crippen LogP contribution in [-0.2, 0) is 9.53 Å². The average molecular weight is 311 g/mol. The monoisotopic (exact) mass is 310 g/mol. The van der Waals surface area contributed by atoms with Gasteiger partial charge in [-0.25, -0.2) is 4.79 Å². The molecule has 2 amide bonds. The second-order valence-electron chi connectivity index (χ2n) is 5.49. The molecule has 1 saturated heterocycles. The maximum Gasteiger partial charge on any atom is 0.414 e. The van der Waals surface area contributed by atoms with E-state index in [1.165, 1.54) is 4.90 Å². The molecule has 1 fully saturated rings. The van der Waals surface area contributed by atoms with Gasteiger partial charge in [0.1, 0.15) is 6.10 Å². The van der Waals surface area contributed by atoms with Gasteiger partial charge in [-0.3, -0.25) is 9.69 Å². The van der Waals surface area contributed by atoms with Crippen molar-refractivity contribution in [2.24, 2.45) is 5.92 Å². The Morgan fingerprint density at radius 3 is 2.71 bits per heavy atom. The molecule has 1 aromatic rings. The number of hydrogen-bond donors (Lipinski definition) is 1. The van der Waals surface area contributed by atoms with E-state index in [1.807, 2.05) is 13.8 Å².